The van der Waals surface area contributed by atoms with Gasteiger partial charge < -0.3 is 4.57 Å². The number of likely N-dealkylation sites (N-methyl/N-ethyl adjacent to an activating group) is 1. The molecule has 0 amide bonds. The molecule has 0 radical (unpaired) electrons. The van der Waals surface area contributed by atoms with Crippen molar-refractivity contribution in [3.8, 4) is 0 Å². The summed E-state index contributed by atoms with van der Waals surface area (Å²) in [7, 11) is 0. The van der Waals surface area contributed by atoms with Crippen LogP contribution in [-0.4, -0.2) is 34.4 Å². The van der Waals surface area contributed by atoms with Crippen LogP contribution in [-0.2, 0) is 6.54 Å². The maximum atomic E-state index is 12.7. The van der Waals surface area contributed by atoms with Gasteiger partial charge in [-0.25, -0.2) is 0 Å². The summed E-state index contributed by atoms with van der Waals surface area (Å²) in [5.74, 6) is 0.287. The van der Waals surface area contributed by atoms with Crippen LogP contribution in [0.5, 0.6) is 0 Å². The van der Waals surface area contributed by atoms with Crippen LogP contribution in [0.1, 0.15) is 67.7 Å². The second-order valence-electron chi connectivity index (χ2n) is 6.31. The first-order valence-corrected chi connectivity index (χ1v) is 8.52. The van der Waals surface area contributed by atoms with E-state index in [1.165, 1.54) is 37.8 Å². The van der Waals surface area contributed by atoms with E-state index in [1.807, 2.05) is 0 Å². The van der Waals surface area contributed by atoms with E-state index >= 15 is 0 Å². The van der Waals surface area contributed by atoms with E-state index < -0.39 is 0 Å². The third kappa shape index (κ3) is 3.57. The molecule has 1 aromatic heterocycles. The van der Waals surface area contributed by atoms with Gasteiger partial charge in [0.05, 0.1) is 6.54 Å². The monoisotopic (exact) mass is 290 g/mol. The van der Waals surface area contributed by atoms with Crippen LogP contribution in [0.25, 0.3) is 0 Å². The van der Waals surface area contributed by atoms with Gasteiger partial charge in [-0.3, -0.25) is 9.69 Å². The van der Waals surface area contributed by atoms with Crippen molar-refractivity contribution in [3.63, 3.8) is 0 Å². The fraction of sp³-hybridized carbons (Fsp3) is 0.722. The topological polar surface area (TPSA) is 25.2 Å². The first-order chi connectivity index (χ1) is 10.1. The van der Waals surface area contributed by atoms with E-state index in [4.69, 9.17) is 0 Å². The normalized spacial score (nSPS) is 16.6. The zero-order valence-electron chi connectivity index (χ0n) is 14.1. The number of aromatic nitrogens is 1. The lowest BCUT2D eigenvalue weighted by atomic mass is 9.94. The van der Waals surface area contributed by atoms with E-state index in [0.717, 1.165) is 24.3 Å². The zero-order chi connectivity index (χ0) is 15.4. The van der Waals surface area contributed by atoms with Crippen molar-refractivity contribution >= 4 is 5.78 Å². The molecule has 3 heteroatoms. The minimum absolute atomic E-state index is 0.287. The number of ketones is 1. The van der Waals surface area contributed by atoms with Crippen molar-refractivity contribution in [1.82, 2.24) is 9.47 Å². The maximum absolute atomic E-state index is 12.7. The van der Waals surface area contributed by atoms with Gasteiger partial charge in [0.15, 0.2) is 5.78 Å². The van der Waals surface area contributed by atoms with Crippen molar-refractivity contribution in [2.24, 2.45) is 0 Å². The number of carbonyl (C=O) groups is 1. The third-order valence-corrected chi connectivity index (χ3v) is 5.03. The Morgan fingerprint density at radius 2 is 1.90 bits per heavy atom. The van der Waals surface area contributed by atoms with E-state index in [-0.39, 0.29) is 5.78 Å². The van der Waals surface area contributed by atoms with Crippen LogP contribution >= 0.6 is 0 Å². The summed E-state index contributed by atoms with van der Waals surface area (Å²) >= 11 is 0. The number of Topliss-reactive ketones (excluding diaryl/α,β-unsaturated/α-hetero) is 1. The van der Waals surface area contributed by atoms with Crippen LogP contribution in [0.4, 0.5) is 0 Å². The summed E-state index contributed by atoms with van der Waals surface area (Å²) < 4.78 is 2.23. The maximum Gasteiger partial charge on any atom is 0.178 e. The first kappa shape index (κ1) is 16.3. The molecule has 118 valence electrons. The van der Waals surface area contributed by atoms with E-state index in [9.17, 15) is 4.79 Å². The van der Waals surface area contributed by atoms with Crippen LogP contribution in [0.15, 0.2) is 6.07 Å². The molecule has 21 heavy (non-hydrogen) atoms. The second kappa shape index (κ2) is 7.26. The lowest BCUT2D eigenvalue weighted by Gasteiger charge is -2.33. The summed E-state index contributed by atoms with van der Waals surface area (Å²) in [4.78, 5) is 15.1. The van der Waals surface area contributed by atoms with E-state index in [2.05, 4.69) is 43.2 Å². The van der Waals surface area contributed by atoms with Gasteiger partial charge in [0, 0.05) is 29.5 Å². The molecule has 1 heterocycles. The van der Waals surface area contributed by atoms with Crippen LogP contribution in [0, 0.1) is 13.8 Å². The fourth-order valence-electron chi connectivity index (χ4n) is 3.78. The van der Waals surface area contributed by atoms with Gasteiger partial charge in [0.25, 0.3) is 0 Å². The standard InChI is InChI=1S/C18H30N2O/c1-5-19(16-10-8-7-9-11-16)13-18(21)17-12-14(3)20(6-2)15(17)4/h12,16H,5-11,13H2,1-4H3. The number of aryl methyl sites for hydroxylation is 1. The van der Waals surface area contributed by atoms with E-state index in [1.54, 1.807) is 0 Å². The van der Waals surface area contributed by atoms with Crippen molar-refractivity contribution in [3.05, 3.63) is 23.0 Å². The number of carbonyl (C=O) groups excluding carboxylic acids is 1. The van der Waals surface area contributed by atoms with Gasteiger partial charge >= 0.3 is 0 Å². The highest BCUT2D eigenvalue weighted by molar-refractivity contribution is 5.99. The third-order valence-electron chi connectivity index (χ3n) is 5.03. The largest absolute Gasteiger partial charge is 0.349 e. The van der Waals surface area contributed by atoms with Crippen molar-refractivity contribution in [2.75, 3.05) is 13.1 Å². The smallest absolute Gasteiger partial charge is 0.178 e. The summed E-state index contributed by atoms with van der Waals surface area (Å²) in [6.45, 7) is 11.0. The zero-order valence-corrected chi connectivity index (χ0v) is 14.1. The van der Waals surface area contributed by atoms with Crippen LogP contribution < -0.4 is 0 Å². The Kier molecular flexibility index (Phi) is 5.63. The molecular formula is C18H30N2O. The number of nitrogens with zero attached hydrogens (tertiary/aromatic N) is 2. The molecule has 0 N–H and O–H groups in total. The Balaban J connectivity index is 2.08. The lowest BCUT2D eigenvalue weighted by molar-refractivity contribution is 0.0867. The Bertz CT molecular complexity index is 484. The average Bonchev–Trinajstić information content (AvgIpc) is 2.79. The first-order valence-electron chi connectivity index (χ1n) is 8.52. The Hall–Kier alpha value is -1.09. The SMILES string of the molecule is CCN(CC(=O)c1cc(C)n(CC)c1C)C1CCCCC1. The molecule has 0 unspecified atom stereocenters. The predicted octanol–water partition coefficient (Wildman–Crippen LogP) is 3.96. The molecule has 0 saturated heterocycles. The number of hydrogen-bond donors (Lipinski definition) is 0. The Labute approximate surface area is 129 Å². The fourth-order valence-corrected chi connectivity index (χ4v) is 3.78. The minimum atomic E-state index is 0.287. The quantitative estimate of drug-likeness (QED) is 0.741. The molecule has 0 bridgehead atoms. The van der Waals surface area contributed by atoms with E-state index in [0.29, 0.717) is 12.6 Å². The molecule has 1 aliphatic carbocycles. The Morgan fingerprint density at radius 3 is 2.43 bits per heavy atom. The highest BCUT2D eigenvalue weighted by Gasteiger charge is 2.23. The molecule has 0 aromatic carbocycles. The number of hydrogen-bond acceptors (Lipinski definition) is 2. The molecule has 1 fully saturated rings. The molecular weight excluding hydrogens is 260 g/mol. The minimum Gasteiger partial charge on any atom is -0.349 e. The molecule has 1 aromatic rings. The van der Waals surface area contributed by atoms with Gasteiger partial charge in [-0.1, -0.05) is 26.2 Å². The molecule has 1 saturated carbocycles. The molecule has 0 aliphatic heterocycles. The Morgan fingerprint density at radius 1 is 1.24 bits per heavy atom. The summed E-state index contributed by atoms with van der Waals surface area (Å²) in [6.07, 6.45) is 6.52. The second-order valence-corrected chi connectivity index (χ2v) is 6.31. The van der Waals surface area contributed by atoms with Crippen molar-refractivity contribution in [2.45, 2.75) is 72.4 Å². The highest BCUT2D eigenvalue weighted by atomic mass is 16.1. The van der Waals surface area contributed by atoms with Gasteiger partial charge in [-0.05, 0) is 46.2 Å². The highest BCUT2D eigenvalue weighted by Crippen LogP contribution is 2.23. The molecule has 1 aliphatic rings. The summed E-state index contributed by atoms with van der Waals surface area (Å²) in [5.41, 5.74) is 3.24. The molecule has 0 spiro atoms. The van der Waals surface area contributed by atoms with Gasteiger partial charge in [0.1, 0.15) is 0 Å². The van der Waals surface area contributed by atoms with Gasteiger partial charge in [-0.15, -0.1) is 0 Å². The van der Waals surface area contributed by atoms with Gasteiger partial charge in [-0.2, -0.15) is 0 Å². The van der Waals surface area contributed by atoms with Gasteiger partial charge in [0.2, 0.25) is 0 Å². The number of rotatable bonds is 6. The summed E-state index contributed by atoms with van der Waals surface area (Å²) in [5, 5.41) is 0. The summed E-state index contributed by atoms with van der Waals surface area (Å²) in [6, 6.07) is 2.68. The van der Waals surface area contributed by atoms with Crippen LogP contribution in [0.3, 0.4) is 0 Å². The lowest BCUT2D eigenvalue weighted by Crippen LogP contribution is -2.40. The average molecular weight is 290 g/mol. The van der Waals surface area contributed by atoms with Crippen molar-refractivity contribution in [1.29, 1.82) is 0 Å². The predicted molar refractivity (Wildman–Crippen MR) is 88.0 cm³/mol. The molecule has 2 rings (SSSR count). The van der Waals surface area contributed by atoms with Crippen molar-refractivity contribution < 1.29 is 4.79 Å². The molecule has 0 atom stereocenters. The van der Waals surface area contributed by atoms with Crippen LogP contribution in [0.2, 0.25) is 0 Å². The molecule has 3 nitrogen and oxygen atoms in total.